The van der Waals surface area contributed by atoms with Crippen LogP contribution in [0.3, 0.4) is 0 Å². The van der Waals surface area contributed by atoms with Crippen LogP contribution in [0.2, 0.25) is 0 Å². The molecule has 0 aromatic heterocycles. The van der Waals surface area contributed by atoms with Crippen LogP contribution in [0.15, 0.2) is 53.5 Å². The first-order chi connectivity index (χ1) is 9.36. The first kappa shape index (κ1) is 15.0. The van der Waals surface area contributed by atoms with E-state index in [4.69, 9.17) is 9.73 Å². The Labute approximate surface area is 133 Å². The van der Waals surface area contributed by atoms with Gasteiger partial charge in [0.15, 0.2) is 0 Å². The second-order valence-electron chi connectivity index (χ2n) is 4.77. The molecule has 105 valence electrons. The zero-order valence-corrected chi connectivity index (χ0v) is 13.8. The molecule has 20 heavy (non-hydrogen) atoms. The fraction of sp³-hybridized carbons (Fsp3) is 0.235. The first-order valence-electron chi connectivity index (χ1n) is 6.67. The van der Waals surface area contributed by atoms with Crippen LogP contribution >= 0.6 is 0 Å². The van der Waals surface area contributed by atoms with Gasteiger partial charge in [-0.05, 0) is 54.7 Å². The van der Waals surface area contributed by atoms with Crippen molar-refractivity contribution in [3.05, 3.63) is 59.7 Å². The van der Waals surface area contributed by atoms with Gasteiger partial charge in [-0.1, -0.05) is 24.3 Å². The van der Waals surface area contributed by atoms with E-state index in [-0.39, 0.29) is 20.1 Å². The molecule has 0 unspecified atom stereocenters. The Hall–Kier alpha value is -1.44. The molecule has 0 bridgehead atoms. The number of nitrogens with zero attached hydrogens (tertiary/aromatic N) is 1. The van der Waals surface area contributed by atoms with Crippen LogP contribution in [-0.4, -0.2) is 12.8 Å². The fourth-order valence-corrected chi connectivity index (χ4v) is 2.53. The molecule has 3 heteroatoms. The Kier molecular flexibility index (Phi) is 5.11. The molecule has 0 amide bonds. The maximum Gasteiger partial charge on any atom is 0.119 e. The number of aryl methyl sites for hydroxylation is 1. The average Bonchev–Trinajstić information content (AvgIpc) is 2.48. The molecule has 0 fully saturated rings. The summed E-state index contributed by atoms with van der Waals surface area (Å²) >= 11 is 0. The zero-order chi connectivity index (χ0) is 13.1. The SMILES string of the molecule is COc1ccc(N=C2CCCc3ccccc32)cc1.[Ir]. The van der Waals surface area contributed by atoms with Gasteiger partial charge in [-0.3, -0.25) is 4.99 Å². The van der Waals surface area contributed by atoms with E-state index in [2.05, 4.69) is 24.3 Å². The van der Waals surface area contributed by atoms with Crippen LogP contribution in [0.5, 0.6) is 5.75 Å². The van der Waals surface area contributed by atoms with E-state index >= 15 is 0 Å². The normalized spacial score (nSPS) is 15.3. The molecule has 1 aliphatic rings. The zero-order valence-electron chi connectivity index (χ0n) is 11.4. The molecule has 0 N–H and O–H groups in total. The Balaban J connectivity index is 0.00000147. The van der Waals surface area contributed by atoms with Crippen molar-refractivity contribution in [2.75, 3.05) is 7.11 Å². The molecule has 3 rings (SSSR count). The third-order valence-corrected chi connectivity index (χ3v) is 3.52. The average molecular weight is 444 g/mol. The summed E-state index contributed by atoms with van der Waals surface area (Å²) < 4.78 is 5.17. The van der Waals surface area contributed by atoms with E-state index in [1.165, 1.54) is 23.3 Å². The van der Waals surface area contributed by atoms with Crippen LogP contribution in [0.25, 0.3) is 0 Å². The molecular weight excluding hydrogens is 426 g/mol. The molecule has 0 aliphatic heterocycles. The monoisotopic (exact) mass is 444 g/mol. The number of methoxy groups -OCH3 is 1. The summed E-state index contributed by atoms with van der Waals surface area (Å²) in [5, 5.41) is 0. The standard InChI is InChI=1S/C17H17NO.Ir/c1-19-15-11-9-14(10-12-15)18-17-8-4-6-13-5-2-3-7-16(13)17;/h2-3,5,7,9-12H,4,6,8H2,1H3;. The van der Waals surface area contributed by atoms with E-state index < -0.39 is 0 Å². The molecule has 1 radical (unpaired) electrons. The number of fused-ring (bicyclic) bond motifs is 1. The fourth-order valence-electron chi connectivity index (χ4n) is 2.53. The minimum atomic E-state index is 0. The Morgan fingerprint density at radius 1 is 0.950 bits per heavy atom. The predicted octanol–water partition coefficient (Wildman–Crippen LogP) is 4.15. The number of ether oxygens (including phenoxy) is 1. The summed E-state index contributed by atoms with van der Waals surface area (Å²) in [4.78, 5) is 4.80. The van der Waals surface area contributed by atoms with Gasteiger partial charge in [0.05, 0.1) is 12.8 Å². The number of hydrogen-bond acceptors (Lipinski definition) is 2. The van der Waals surface area contributed by atoms with E-state index in [1.54, 1.807) is 7.11 Å². The number of aliphatic imine (C=N–C) groups is 1. The van der Waals surface area contributed by atoms with Gasteiger partial charge in [-0.2, -0.15) is 0 Å². The van der Waals surface area contributed by atoms with Crippen molar-refractivity contribution in [1.82, 2.24) is 0 Å². The summed E-state index contributed by atoms with van der Waals surface area (Å²) in [6.07, 6.45) is 3.41. The van der Waals surface area contributed by atoms with Crippen molar-refractivity contribution in [3.8, 4) is 5.75 Å². The number of hydrogen-bond donors (Lipinski definition) is 0. The van der Waals surface area contributed by atoms with Crippen molar-refractivity contribution in [2.45, 2.75) is 19.3 Å². The molecule has 0 atom stereocenters. The minimum absolute atomic E-state index is 0. The van der Waals surface area contributed by atoms with Gasteiger partial charge < -0.3 is 4.74 Å². The van der Waals surface area contributed by atoms with Crippen LogP contribution in [0.1, 0.15) is 24.0 Å². The molecule has 0 spiro atoms. The van der Waals surface area contributed by atoms with E-state index in [0.29, 0.717) is 0 Å². The largest absolute Gasteiger partial charge is 0.497 e. The van der Waals surface area contributed by atoms with Gasteiger partial charge in [0.1, 0.15) is 5.75 Å². The van der Waals surface area contributed by atoms with Crippen molar-refractivity contribution in [1.29, 1.82) is 0 Å². The van der Waals surface area contributed by atoms with Gasteiger partial charge in [0, 0.05) is 25.8 Å². The van der Waals surface area contributed by atoms with Crippen LogP contribution in [0, 0.1) is 0 Å². The van der Waals surface area contributed by atoms with E-state index in [0.717, 1.165) is 24.3 Å². The second-order valence-corrected chi connectivity index (χ2v) is 4.77. The summed E-state index contributed by atoms with van der Waals surface area (Å²) in [7, 11) is 1.68. The van der Waals surface area contributed by atoms with Gasteiger partial charge in [0.25, 0.3) is 0 Å². The molecule has 2 aromatic rings. The molecule has 0 heterocycles. The van der Waals surface area contributed by atoms with Crippen LogP contribution in [-0.2, 0) is 26.5 Å². The number of benzene rings is 2. The summed E-state index contributed by atoms with van der Waals surface area (Å²) in [5.41, 5.74) is 4.92. The van der Waals surface area contributed by atoms with Gasteiger partial charge in [-0.15, -0.1) is 0 Å². The quantitative estimate of drug-likeness (QED) is 0.684. The molecule has 0 saturated heterocycles. The van der Waals surface area contributed by atoms with E-state index in [1.807, 2.05) is 24.3 Å². The number of rotatable bonds is 2. The molecule has 2 nitrogen and oxygen atoms in total. The van der Waals surface area contributed by atoms with Gasteiger partial charge in [-0.25, -0.2) is 0 Å². The molecular formula is C17H17IrNO. The summed E-state index contributed by atoms with van der Waals surface area (Å²) in [6, 6.07) is 16.5. The third kappa shape index (κ3) is 3.17. The topological polar surface area (TPSA) is 21.6 Å². The van der Waals surface area contributed by atoms with Crippen molar-refractivity contribution in [2.24, 2.45) is 4.99 Å². The second kappa shape index (κ2) is 6.83. The van der Waals surface area contributed by atoms with Crippen LogP contribution in [0.4, 0.5) is 5.69 Å². The van der Waals surface area contributed by atoms with Gasteiger partial charge >= 0.3 is 0 Å². The van der Waals surface area contributed by atoms with Crippen molar-refractivity contribution in [3.63, 3.8) is 0 Å². The molecule has 0 saturated carbocycles. The Morgan fingerprint density at radius 2 is 1.70 bits per heavy atom. The first-order valence-corrected chi connectivity index (χ1v) is 6.67. The van der Waals surface area contributed by atoms with E-state index in [9.17, 15) is 0 Å². The van der Waals surface area contributed by atoms with Crippen LogP contribution < -0.4 is 4.74 Å². The smallest absolute Gasteiger partial charge is 0.119 e. The Bertz CT molecular complexity index is 605. The van der Waals surface area contributed by atoms with Gasteiger partial charge in [0.2, 0.25) is 0 Å². The molecule has 2 aromatic carbocycles. The third-order valence-electron chi connectivity index (χ3n) is 3.52. The maximum absolute atomic E-state index is 5.17. The summed E-state index contributed by atoms with van der Waals surface area (Å²) in [6.45, 7) is 0. The van der Waals surface area contributed by atoms with Crippen molar-refractivity contribution >= 4 is 11.4 Å². The predicted molar refractivity (Wildman–Crippen MR) is 78.6 cm³/mol. The molecule has 1 aliphatic carbocycles. The Morgan fingerprint density at radius 3 is 2.45 bits per heavy atom. The maximum atomic E-state index is 5.17. The van der Waals surface area contributed by atoms with Crippen molar-refractivity contribution < 1.29 is 24.8 Å². The summed E-state index contributed by atoms with van der Waals surface area (Å²) in [5.74, 6) is 0.869. The minimum Gasteiger partial charge on any atom is -0.497 e.